The van der Waals surface area contributed by atoms with Crippen LogP contribution in [0.3, 0.4) is 0 Å². The molecule has 2 rings (SSSR count). The van der Waals surface area contributed by atoms with E-state index in [-0.39, 0.29) is 11.7 Å². The highest BCUT2D eigenvalue weighted by Gasteiger charge is 2.46. The van der Waals surface area contributed by atoms with E-state index in [1.807, 2.05) is 6.92 Å². The minimum Gasteiger partial charge on any atom is -0.263 e. The van der Waals surface area contributed by atoms with Gasteiger partial charge in [0.2, 0.25) is 5.13 Å². The summed E-state index contributed by atoms with van der Waals surface area (Å²) < 4.78 is 3.88. The van der Waals surface area contributed by atoms with E-state index >= 15 is 0 Å². The summed E-state index contributed by atoms with van der Waals surface area (Å²) in [5.74, 6) is -1.20. The minimum atomic E-state index is -0.861. The van der Waals surface area contributed by atoms with Crippen LogP contribution in [0.5, 0.6) is 0 Å². The number of rotatable bonds is 3. The van der Waals surface area contributed by atoms with Gasteiger partial charge in [0.25, 0.3) is 0 Å². The van der Waals surface area contributed by atoms with Gasteiger partial charge >= 0.3 is 17.8 Å². The van der Waals surface area contributed by atoms with E-state index in [1.54, 1.807) is 6.92 Å². The number of anilines is 1. The molecule has 7 nitrogen and oxygen atoms in total. The third-order valence-electron chi connectivity index (χ3n) is 2.21. The van der Waals surface area contributed by atoms with Crippen LogP contribution in [0.2, 0.25) is 0 Å². The van der Waals surface area contributed by atoms with Gasteiger partial charge in [0, 0.05) is 18.1 Å². The number of carbonyl (C=O) groups is 3. The fourth-order valence-corrected chi connectivity index (χ4v) is 2.14. The van der Waals surface area contributed by atoms with Crippen molar-refractivity contribution in [1.82, 2.24) is 14.3 Å². The highest BCUT2D eigenvalue weighted by Crippen LogP contribution is 2.23. The molecule has 0 bridgehead atoms. The Hall–Kier alpha value is -1.83. The Morgan fingerprint density at radius 2 is 1.94 bits per heavy atom. The molecule has 1 aromatic heterocycles. The molecule has 8 heteroatoms. The summed E-state index contributed by atoms with van der Waals surface area (Å²) in [4.78, 5) is 40.8. The fraction of sp³-hybridized carbons (Fsp3) is 0.444. The number of imide groups is 2. The van der Waals surface area contributed by atoms with Crippen LogP contribution in [-0.4, -0.2) is 38.6 Å². The van der Waals surface area contributed by atoms with E-state index < -0.39 is 17.8 Å². The van der Waals surface area contributed by atoms with Gasteiger partial charge in [-0.1, -0.05) is 6.92 Å². The van der Waals surface area contributed by atoms with Crippen LogP contribution >= 0.6 is 11.5 Å². The smallest absolute Gasteiger partial charge is 0.263 e. The molecule has 90 valence electrons. The third kappa shape index (κ3) is 1.80. The number of aryl methyl sites for hydroxylation is 1. The van der Waals surface area contributed by atoms with Crippen molar-refractivity contribution in [1.29, 1.82) is 0 Å². The summed E-state index contributed by atoms with van der Waals surface area (Å²) in [6.45, 7) is 3.71. The van der Waals surface area contributed by atoms with Crippen LogP contribution in [0.4, 0.5) is 9.93 Å². The Labute approximate surface area is 101 Å². The summed E-state index contributed by atoms with van der Waals surface area (Å²) in [5, 5.41) is 0.143. The van der Waals surface area contributed by atoms with Gasteiger partial charge < -0.3 is 0 Å². The van der Waals surface area contributed by atoms with Crippen LogP contribution in [-0.2, 0) is 9.59 Å². The number of urea groups is 1. The van der Waals surface area contributed by atoms with Crippen molar-refractivity contribution in [2.24, 2.45) is 0 Å². The Kier molecular flexibility index (Phi) is 2.88. The first kappa shape index (κ1) is 11.6. The lowest BCUT2D eigenvalue weighted by atomic mass is 10.4. The van der Waals surface area contributed by atoms with Crippen molar-refractivity contribution in [3.8, 4) is 0 Å². The molecule has 1 aliphatic heterocycles. The molecule has 0 aliphatic carbocycles. The molecule has 1 aliphatic rings. The first-order valence-electron chi connectivity index (χ1n) is 5.06. The van der Waals surface area contributed by atoms with Gasteiger partial charge in [0.1, 0.15) is 5.82 Å². The second-order valence-corrected chi connectivity index (χ2v) is 4.23. The molecule has 0 N–H and O–H groups in total. The lowest BCUT2D eigenvalue weighted by Gasteiger charge is -2.11. The standard InChI is InChI=1S/C9H10N4O3S/c1-3-4-12-6(14)7(15)13(9(12)16)8-10-5(2)11-17-8/h3-4H2,1-2H3. The van der Waals surface area contributed by atoms with Crippen LogP contribution in [0.1, 0.15) is 19.2 Å². The molecule has 4 amide bonds. The molecular weight excluding hydrogens is 244 g/mol. The number of carbonyl (C=O) groups excluding carboxylic acids is 3. The van der Waals surface area contributed by atoms with Crippen molar-refractivity contribution < 1.29 is 14.4 Å². The van der Waals surface area contributed by atoms with E-state index in [1.165, 1.54) is 0 Å². The predicted octanol–water partition coefficient (Wildman–Crippen LogP) is 0.552. The van der Waals surface area contributed by atoms with Gasteiger partial charge in [-0.3, -0.25) is 14.5 Å². The van der Waals surface area contributed by atoms with E-state index in [0.717, 1.165) is 21.3 Å². The maximum atomic E-state index is 11.9. The fourth-order valence-electron chi connectivity index (χ4n) is 1.47. The zero-order chi connectivity index (χ0) is 12.6. The van der Waals surface area contributed by atoms with Crippen LogP contribution in [0.15, 0.2) is 0 Å². The largest absolute Gasteiger partial charge is 0.340 e. The maximum absolute atomic E-state index is 11.9. The summed E-state index contributed by atoms with van der Waals surface area (Å²) in [6.07, 6.45) is 0.605. The summed E-state index contributed by atoms with van der Waals surface area (Å²) >= 11 is 0.921. The SMILES string of the molecule is CCCN1C(=O)C(=O)N(c2nc(C)ns2)C1=O. The van der Waals surface area contributed by atoms with E-state index in [2.05, 4.69) is 9.36 Å². The first-order valence-corrected chi connectivity index (χ1v) is 5.83. The highest BCUT2D eigenvalue weighted by molar-refractivity contribution is 7.10. The molecule has 0 aromatic carbocycles. The van der Waals surface area contributed by atoms with Crippen LogP contribution in [0, 0.1) is 6.92 Å². The Morgan fingerprint density at radius 1 is 1.24 bits per heavy atom. The van der Waals surface area contributed by atoms with Gasteiger partial charge in [0.15, 0.2) is 0 Å². The van der Waals surface area contributed by atoms with Crippen LogP contribution < -0.4 is 4.90 Å². The first-order chi connectivity index (χ1) is 8.06. The molecule has 0 unspecified atom stereocenters. The molecule has 2 heterocycles. The van der Waals surface area contributed by atoms with Crippen LogP contribution in [0.25, 0.3) is 0 Å². The molecule has 0 atom stereocenters. The summed E-state index contributed by atoms with van der Waals surface area (Å²) in [6, 6.07) is -0.641. The molecule has 1 aromatic rings. The molecule has 0 spiro atoms. The van der Waals surface area contributed by atoms with Gasteiger partial charge in [-0.15, -0.1) is 0 Å². The highest BCUT2D eigenvalue weighted by atomic mass is 32.1. The lowest BCUT2D eigenvalue weighted by molar-refractivity contribution is -0.139. The molecular formula is C9H10N4O3S. The van der Waals surface area contributed by atoms with Crippen molar-refractivity contribution in [3.63, 3.8) is 0 Å². The molecule has 1 saturated heterocycles. The Bertz CT molecular complexity index is 498. The maximum Gasteiger partial charge on any atom is 0.340 e. The zero-order valence-electron chi connectivity index (χ0n) is 9.34. The number of nitrogens with zero attached hydrogens (tertiary/aromatic N) is 4. The van der Waals surface area contributed by atoms with Crippen molar-refractivity contribution in [3.05, 3.63) is 5.82 Å². The number of hydrogen-bond acceptors (Lipinski definition) is 6. The molecule has 0 radical (unpaired) electrons. The second kappa shape index (κ2) is 4.21. The monoisotopic (exact) mass is 254 g/mol. The molecule has 0 saturated carbocycles. The normalized spacial score (nSPS) is 16.2. The summed E-state index contributed by atoms with van der Waals surface area (Å²) in [5.41, 5.74) is 0. The van der Waals surface area contributed by atoms with Crippen molar-refractivity contribution >= 4 is 34.5 Å². The summed E-state index contributed by atoms with van der Waals surface area (Å²) in [7, 11) is 0. The quantitative estimate of drug-likeness (QED) is 0.581. The van der Waals surface area contributed by atoms with Gasteiger partial charge in [-0.25, -0.2) is 9.78 Å². The third-order valence-corrected chi connectivity index (χ3v) is 3.00. The van der Waals surface area contributed by atoms with Crippen molar-refractivity contribution in [2.75, 3.05) is 11.4 Å². The zero-order valence-corrected chi connectivity index (χ0v) is 10.2. The van der Waals surface area contributed by atoms with E-state index in [9.17, 15) is 14.4 Å². The lowest BCUT2D eigenvalue weighted by Crippen LogP contribution is -2.33. The Morgan fingerprint density at radius 3 is 2.47 bits per heavy atom. The number of amides is 4. The van der Waals surface area contributed by atoms with Gasteiger partial charge in [0.05, 0.1) is 0 Å². The van der Waals surface area contributed by atoms with Crippen molar-refractivity contribution in [2.45, 2.75) is 20.3 Å². The average Bonchev–Trinajstić information content (AvgIpc) is 2.78. The van der Waals surface area contributed by atoms with E-state index in [4.69, 9.17) is 0 Å². The molecule has 1 fully saturated rings. The topological polar surface area (TPSA) is 83.5 Å². The molecule has 17 heavy (non-hydrogen) atoms. The predicted molar refractivity (Wildman–Crippen MR) is 59.5 cm³/mol. The van der Waals surface area contributed by atoms with Gasteiger partial charge in [-0.05, 0) is 13.3 Å². The van der Waals surface area contributed by atoms with E-state index in [0.29, 0.717) is 12.2 Å². The minimum absolute atomic E-state index is 0.143. The van der Waals surface area contributed by atoms with Gasteiger partial charge in [-0.2, -0.15) is 9.27 Å². The second-order valence-electron chi connectivity index (χ2n) is 3.50. The average molecular weight is 254 g/mol. The number of hydrogen-bond donors (Lipinski definition) is 0. The Balaban J connectivity index is 2.33. The number of aromatic nitrogens is 2.